The van der Waals surface area contributed by atoms with Gasteiger partial charge in [-0.05, 0) is 47.6 Å². The molecule has 2 aromatic rings. The molecule has 0 saturated heterocycles. The number of nitrogens with one attached hydrogen (secondary N) is 1. The van der Waals surface area contributed by atoms with Crippen molar-refractivity contribution < 1.29 is 0 Å². The largest absolute Gasteiger partial charge is 0.346 e. The minimum atomic E-state index is 0.970. The number of rotatable bonds is 4. The van der Waals surface area contributed by atoms with Crippen LogP contribution in [0.2, 0.25) is 0 Å². The summed E-state index contributed by atoms with van der Waals surface area (Å²) in [4.78, 5) is 9.85. The molecule has 2 rings (SSSR count). The number of fused-ring (bicyclic) bond motifs is 1. The van der Waals surface area contributed by atoms with Gasteiger partial charge in [0.05, 0.1) is 0 Å². The van der Waals surface area contributed by atoms with E-state index in [-0.39, 0.29) is 0 Å². The molecular formula is C12H16BrN3. The highest BCUT2D eigenvalue weighted by atomic mass is 79.9. The van der Waals surface area contributed by atoms with Gasteiger partial charge in [-0.2, -0.15) is 0 Å². The monoisotopic (exact) mass is 281 g/mol. The molecule has 0 atom stereocenters. The van der Waals surface area contributed by atoms with E-state index in [1.54, 1.807) is 0 Å². The number of hydrogen-bond donors (Lipinski definition) is 1. The fourth-order valence-corrected chi connectivity index (χ4v) is 2.04. The first-order chi connectivity index (χ1) is 7.70. The lowest BCUT2D eigenvalue weighted by molar-refractivity contribution is 0.358. The van der Waals surface area contributed by atoms with Crippen LogP contribution in [0.25, 0.3) is 11.0 Å². The Bertz CT molecular complexity index is 478. The Labute approximate surface area is 104 Å². The number of hydrogen-bond acceptors (Lipinski definition) is 2. The van der Waals surface area contributed by atoms with Crippen LogP contribution in [0, 0.1) is 0 Å². The van der Waals surface area contributed by atoms with Gasteiger partial charge in [0.1, 0.15) is 5.65 Å². The van der Waals surface area contributed by atoms with Crippen LogP contribution < -0.4 is 0 Å². The van der Waals surface area contributed by atoms with E-state index >= 15 is 0 Å². The number of nitrogens with zero attached hydrogens (tertiary/aromatic N) is 2. The molecule has 0 aliphatic carbocycles. The van der Waals surface area contributed by atoms with E-state index in [0.717, 1.165) is 29.6 Å². The molecule has 16 heavy (non-hydrogen) atoms. The summed E-state index contributed by atoms with van der Waals surface area (Å²) in [7, 11) is 2.14. The molecule has 0 bridgehead atoms. The second-order valence-corrected chi connectivity index (χ2v) is 4.93. The first kappa shape index (κ1) is 11.6. The zero-order valence-electron chi connectivity index (χ0n) is 9.63. The molecule has 0 radical (unpaired) electrons. The summed E-state index contributed by atoms with van der Waals surface area (Å²) in [6.07, 6.45) is 4.94. The maximum Gasteiger partial charge on any atom is 0.137 e. The van der Waals surface area contributed by atoms with E-state index in [4.69, 9.17) is 0 Å². The third-order valence-corrected chi connectivity index (χ3v) is 3.32. The Kier molecular flexibility index (Phi) is 3.61. The van der Waals surface area contributed by atoms with Crippen LogP contribution in [0.4, 0.5) is 0 Å². The van der Waals surface area contributed by atoms with Crippen LogP contribution in [-0.4, -0.2) is 35.0 Å². The highest BCUT2D eigenvalue weighted by Crippen LogP contribution is 2.20. The predicted molar refractivity (Wildman–Crippen MR) is 70.7 cm³/mol. The lowest BCUT2D eigenvalue weighted by Gasteiger charge is -2.12. The highest BCUT2D eigenvalue weighted by Gasteiger charge is 2.05. The second kappa shape index (κ2) is 4.97. The Balaban J connectivity index is 2.21. The fraction of sp³-hybridized carbons (Fsp3) is 0.417. The summed E-state index contributed by atoms with van der Waals surface area (Å²) in [6, 6.07) is 2.13. The molecule has 0 spiro atoms. The highest BCUT2D eigenvalue weighted by molar-refractivity contribution is 9.10. The predicted octanol–water partition coefficient (Wildman–Crippen LogP) is 2.82. The fourth-order valence-electron chi connectivity index (χ4n) is 1.71. The van der Waals surface area contributed by atoms with Crippen molar-refractivity contribution in [1.82, 2.24) is 14.9 Å². The van der Waals surface area contributed by atoms with Crippen LogP contribution in [-0.2, 0) is 6.42 Å². The summed E-state index contributed by atoms with van der Waals surface area (Å²) >= 11 is 3.46. The summed E-state index contributed by atoms with van der Waals surface area (Å²) in [6.45, 7) is 4.34. The quantitative estimate of drug-likeness (QED) is 0.935. The molecule has 0 unspecified atom stereocenters. The molecule has 0 aliphatic heterocycles. The number of aromatic nitrogens is 2. The van der Waals surface area contributed by atoms with Crippen molar-refractivity contribution in [2.24, 2.45) is 0 Å². The van der Waals surface area contributed by atoms with Crippen LogP contribution in [0.1, 0.15) is 12.5 Å². The Morgan fingerprint density at radius 2 is 2.31 bits per heavy atom. The van der Waals surface area contributed by atoms with Gasteiger partial charge in [0, 0.05) is 28.8 Å². The van der Waals surface area contributed by atoms with Crippen molar-refractivity contribution in [3.8, 4) is 0 Å². The van der Waals surface area contributed by atoms with E-state index in [0.29, 0.717) is 0 Å². The first-order valence-corrected chi connectivity index (χ1v) is 6.30. The van der Waals surface area contributed by atoms with Gasteiger partial charge in [0.2, 0.25) is 0 Å². The van der Waals surface area contributed by atoms with Crippen LogP contribution >= 0.6 is 15.9 Å². The number of halogens is 1. The normalized spacial score (nSPS) is 11.5. The van der Waals surface area contributed by atoms with Gasteiger partial charge in [-0.25, -0.2) is 4.98 Å². The first-order valence-electron chi connectivity index (χ1n) is 5.50. The van der Waals surface area contributed by atoms with Gasteiger partial charge >= 0.3 is 0 Å². The summed E-state index contributed by atoms with van der Waals surface area (Å²) < 4.78 is 1.03. The molecule has 0 amide bonds. The van der Waals surface area contributed by atoms with E-state index in [1.807, 2.05) is 6.20 Å². The molecule has 3 nitrogen and oxygen atoms in total. The zero-order chi connectivity index (χ0) is 11.5. The van der Waals surface area contributed by atoms with Gasteiger partial charge in [-0.3, -0.25) is 0 Å². The molecule has 1 N–H and O–H groups in total. The average molecular weight is 282 g/mol. The van der Waals surface area contributed by atoms with Gasteiger partial charge in [0.25, 0.3) is 0 Å². The van der Waals surface area contributed by atoms with E-state index in [2.05, 4.69) is 57.0 Å². The van der Waals surface area contributed by atoms with Crippen LogP contribution in [0.15, 0.2) is 22.9 Å². The maximum absolute atomic E-state index is 4.33. The third-order valence-electron chi connectivity index (χ3n) is 2.89. The Morgan fingerprint density at radius 1 is 1.50 bits per heavy atom. The molecule has 0 fully saturated rings. The van der Waals surface area contributed by atoms with Gasteiger partial charge in [-0.1, -0.05) is 6.92 Å². The summed E-state index contributed by atoms with van der Waals surface area (Å²) in [5.74, 6) is 0. The van der Waals surface area contributed by atoms with Crippen molar-refractivity contribution in [2.75, 3.05) is 20.1 Å². The minimum Gasteiger partial charge on any atom is -0.346 e. The lowest BCUT2D eigenvalue weighted by atomic mass is 10.1. The number of aromatic amines is 1. The molecule has 2 heterocycles. The van der Waals surface area contributed by atoms with Gasteiger partial charge in [0.15, 0.2) is 0 Å². The second-order valence-electron chi connectivity index (χ2n) is 4.01. The van der Waals surface area contributed by atoms with Crippen molar-refractivity contribution >= 4 is 27.0 Å². The molecule has 4 heteroatoms. The number of H-pyrrole nitrogens is 1. The average Bonchev–Trinajstić information content (AvgIpc) is 2.68. The molecule has 86 valence electrons. The molecular weight excluding hydrogens is 266 g/mol. The minimum absolute atomic E-state index is 0.970. The zero-order valence-corrected chi connectivity index (χ0v) is 11.2. The van der Waals surface area contributed by atoms with E-state index < -0.39 is 0 Å². The SMILES string of the molecule is CCN(C)CCc1c[nH]c2ncc(Br)cc12. The third kappa shape index (κ3) is 2.44. The van der Waals surface area contributed by atoms with E-state index in [9.17, 15) is 0 Å². The van der Waals surface area contributed by atoms with Crippen molar-refractivity contribution in [3.63, 3.8) is 0 Å². The Morgan fingerprint density at radius 3 is 3.06 bits per heavy atom. The molecule has 0 aliphatic rings. The van der Waals surface area contributed by atoms with Crippen LogP contribution in [0.3, 0.4) is 0 Å². The Hall–Kier alpha value is -0.870. The molecule has 0 aromatic carbocycles. The van der Waals surface area contributed by atoms with Gasteiger partial charge in [-0.15, -0.1) is 0 Å². The maximum atomic E-state index is 4.33. The molecule has 0 saturated carbocycles. The molecule has 2 aromatic heterocycles. The number of likely N-dealkylation sites (N-methyl/N-ethyl adjacent to an activating group) is 1. The van der Waals surface area contributed by atoms with Crippen molar-refractivity contribution in [1.29, 1.82) is 0 Å². The van der Waals surface area contributed by atoms with Crippen molar-refractivity contribution in [3.05, 3.63) is 28.5 Å². The lowest BCUT2D eigenvalue weighted by Crippen LogP contribution is -2.20. The topological polar surface area (TPSA) is 31.9 Å². The standard InChI is InChI=1S/C12H16BrN3/c1-3-16(2)5-4-9-7-14-12-11(9)6-10(13)8-15-12/h6-8H,3-5H2,1-2H3,(H,14,15). The van der Waals surface area contributed by atoms with Gasteiger partial charge < -0.3 is 9.88 Å². The smallest absolute Gasteiger partial charge is 0.137 e. The van der Waals surface area contributed by atoms with E-state index in [1.165, 1.54) is 10.9 Å². The summed E-state index contributed by atoms with van der Waals surface area (Å²) in [5, 5.41) is 1.22. The number of pyridine rings is 1. The van der Waals surface area contributed by atoms with Crippen LogP contribution in [0.5, 0.6) is 0 Å². The van der Waals surface area contributed by atoms with Crippen molar-refractivity contribution in [2.45, 2.75) is 13.3 Å². The summed E-state index contributed by atoms with van der Waals surface area (Å²) in [5.41, 5.74) is 2.31.